The average molecular weight is 940 g/mol. The van der Waals surface area contributed by atoms with E-state index in [1.165, 1.54) is 57.8 Å². The molecule has 17 atom stereocenters. The monoisotopic (exact) mass is 940 g/mol. The van der Waals surface area contributed by atoms with Gasteiger partial charge in [0.2, 0.25) is 5.91 Å². The summed E-state index contributed by atoms with van der Waals surface area (Å²) in [7, 11) is 0. The van der Waals surface area contributed by atoms with Gasteiger partial charge in [-0.15, -0.1) is 0 Å². The summed E-state index contributed by atoms with van der Waals surface area (Å²) in [5, 5.41) is 119. The second-order valence-corrected chi connectivity index (χ2v) is 17.9. The summed E-state index contributed by atoms with van der Waals surface area (Å²) < 4.78 is 33.9. The maximum Gasteiger partial charge on any atom is 0.220 e. The van der Waals surface area contributed by atoms with Gasteiger partial charge in [0, 0.05) is 6.42 Å². The van der Waals surface area contributed by atoms with Crippen LogP contribution in [0.3, 0.4) is 0 Å². The lowest BCUT2D eigenvalue weighted by atomic mass is 9.96. The normalized spacial score (nSPS) is 34.2. The van der Waals surface area contributed by atoms with E-state index in [-0.39, 0.29) is 18.9 Å². The van der Waals surface area contributed by atoms with Gasteiger partial charge < -0.3 is 89.9 Å². The zero-order valence-electron chi connectivity index (χ0n) is 38.7. The highest BCUT2D eigenvalue weighted by molar-refractivity contribution is 5.76. The van der Waals surface area contributed by atoms with Gasteiger partial charge in [0.25, 0.3) is 0 Å². The second-order valence-electron chi connectivity index (χ2n) is 17.9. The molecule has 0 spiro atoms. The van der Waals surface area contributed by atoms with Crippen molar-refractivity contribution in [3.05, 3.63) is 12.2 Å². The molecule has 0 aromatic heterocycles. The number of aliphatic hydroxyl groups is 11. The first kappa shape index (κ1) is 57.8. The molecule has 0 aromatic carbocycles. The maximum atomic E-state index is 13.1. The molecule has 19 heteroatoms. The van der Waals surface area contributed by atoms with E-state index in [1.807, 2.05) is 6.92 Å². The number of carbonyl (C=O) groups is 1. The summed E-state index contributed by atoms with van der Waals surface area (Å²) in [6.07, 6.45) is -1.28. The van der Waals surface area contributed by atoms with E-state index in [0.717, 1.165) is 44.9 Å². The topological polar surface area (TPSA) is 307 Å². The zero-order chi connectivity index (χ0) is 47.7. The van der Waals surface area contributed by atoms with Gasteiger partial charge in [0.05, 0.1) is 38.6 Å². The highest BCUT2D eigenvalue weighted by Gasteiger charge is 2.53. The third-order valence-electron chi connectivity index (χ3n) is 12.6. The van der Waals surface area contributed by atoms with Crippen LogP contribution in [-0.2, 0) is 33.2 Å². The molecule has 3 heterocycles. The standard InChI is InChI=1S/C46H85NO18/c1-3-5-7-8-9-10-11-12-13-14-15-16-17-18-19-20-22-24-34(52)47-29(30(51)23-21-6-4-2)28-60-44-40(58)37(55)42(32(26-49)62-44)65-46-41(59)38(56)43(33(27-50)63-46)64-45-39(57)36(54)35(53)31(25-48)61-45/h12-13,29-33,35-46,48-51,53-59H,3-11,14-28H2,1-2H3,(H,47,52)/b13-12-. The fourth-order valence-corrected chi connectivity index (χ4v) is 8.42. The zero-order valence-corrected chi connectivity index (χ0v) is 38.7. The first-order chi connectivity index (χ1) is 31.3. The molecule has 12 N–H and O–H groups in total. The summed E-state index contributed by atoms with van der Waals surface area (Å²) in [6, 6.07) is -0.880. The van der Waals surface area contributed by atoms with Crippen molar-refractivity contribution in [1.82, 2.24) is 5.32 Å². The Kier molecular flexibility index (Phi) is 28.8. The number of hydrogen-bond acceptors (Lipinski definition) is 18. The van der Waals surface area contributed by atoms with Crippen LogP contribution in [0.2, 0.25) is 0 Å². The Morgan fingerprint density at radius 2 is 0.969 bits per heavy atom. The first-order valence-electron chi connectivity index (χ1n) is 24.4. The highest BCUT2D eigenvalue weighted by atomic mass is 16.8. The van der Waals surface area contributed by atoms with Crippen LogP contribution in [0.25, 0.3) is 0 Å². The smallest absolute Gasteiger partial charge is 0.220 e. The number of aliphatic hydroxyl groups excluding tert-OH is 11. The lowest BCUT2D eigenvalue weighted by Crippen LogP contribution is -2.66. The van der Waals surface area contributed by atoms with Crippen LogP contribution in [0.4, 0.5) is 0 Å². The van der Waals surface area contributed by atoms with E-state index in [1.54, 1.807) is 0 Å². The highest BCUT2D eigenvalue weighted by Crippen LogP contribution is 2.33. The summed E-state index contributed by atoms with van der Waals surface area (Å²) in [5.41, 5.74) is 0. The minimum atomic E-state index is -1.97. The molecule has 65 heavy (non-hydrogen) atoms. The number of unbranched alkanes of at least 4 members (excludes halogenated alkanes) is 15. The molecule has 0 aromatic rings. The fourth-order valence-electron chi connectivity index (χ4n) is 8.42. The molecule has 3 fully saturated rings. The lowest BCUT2D eigenvalue weighted by molar-refractivity contribution is -0.379. The largest absolute Gasteiger partial charge is 0.394 e. The van der Waals surface area contributed by atoms with Gasteiger partial charge in [-0.1, -0.05) is 109 Å². The first-order valence-corrected chi connectivity index (χ1v) is 24.4. The van der Waals surface area contributed by atoms with Crippen molar-refractivity contribution in [2.75, 3.05) is 26.4 Å². The number of rotatable bonds is 33. The van der Waals surface area contributed by atoms with Gasteiger partial charge in [-0.25, -0.2) is 0 Å². The predicted molar refractivity (Wildman–Crippen MR) is 236 cm³/mol. The molecule has 382 valence electrons. The fraction of sp³-hybridized carbons (Fsp3) is 0.935. The molecular formula is C46H85NO18. The molecular weight excluding hydrogens is 854 g/mol. The second kappa shape index (κ2) is 32.4. The molecule has 0 saturated carbocycles. The molecule has 3 aliphatic rings. The lowest BCUT2D eigenvalue weighted by Gasteiger charge is -2.48. The Balaban J connectivity index is 1.46. The minimum absolute atomic E-state index is 0.260. The molecule has 3 aliphatic heterocycles. The van der Waals surface area contributed by atoms with Crippen molar-refractivity contribution < 1.29 is 89.4 Å². The van der Waals surface area contributed by atoms with E-state index in [0.29, 0.717) is 19.3 Å². The van der Waals surface area contributed by atoms with E-state index < -0.39 is 124 Å². The number of ether oxygens (including phenoxy) is 6. The van der Waals surface area contributed by atoms with Crippen LogP contribution >= 0.6 is 0 Å². The predicted octanol–water partition coefficient (Wildman–Crippen LogP) is 0.695. The van der Waals surface area contributed by atoms with Gasteiger partial charge in [-0.3, -0.25) is 4.79 Å². The van der Waals surface area contributed by atoms with E-state index in [4.69, 9.17) is 28.4 Å². The molecule has 3 saturated heterocycles. The Bertz CT molecular complexity index is 1260. The SMILES string of the molecule is CCCCCCCC/C=C\CCCCCCCCCC(=O)NC(COC1OC(CO)C(OC2OC(CO)C(OC3OC(CO)C(O)C(O)C3O)C(O)C2O)C(O)C1O)C(O)CCCCC. The minimum Gasteiger partial charge on any atom is -0.394 e. The van der Waals surface area contributed by atoms with Gasteiger partial charge in [-0.05, 0) is 38.5 Å². The van der Waals surface area contributed by atoms with Crippen LogP contribution in [0.1, 0.15) is 142 Å². The number of carbonyl (C=O) groups excluding carboxylic acids is 1. The van der Waals surface area contributed by atoms with Gasteiger partial charge >= 0.3 is 0 Å². The van der Waals surface area contributed by atoms with E-state index in [9.17, 15) is 61.0 Å². The molecule has 0 radical (unpaired) electrons. The van der Waals surface area contributed by atoms with Gasteiger partial charge in [0.15, 0.2) is 18.9 Å². The van der Waals surface area contributed by atoms with Crippen molar-refractivity contribution in [3.63, 3.8) is 0 Å². The van der Waals surface area contributed by atoms with E-state index in [2.05, 4.69) is 24.4 Å². The Morgan fingerprint density at radius 1 is 0.538 bits per heavy atom. The quantitative estimate of drug-likeness (QED) is 0.0318. The van der Waals surface area contributed by atoms with Crippen molar-refractivity contribution in [1.29, 1.82) is 0 Å². The number of hydrogen-bond donors (Lipinski definition) is 12. The molecule has 0 aliphatic carbocycles. The third kappa shape index (κ3) is 19.1. The Hall–Kier alpha value is -1.47. The summed E-state index contributed by atoms with van der Waals surface area (Å²) in [5.74, 6) is -0.261. The number of allylic oxidation sites excluding steroid dienone is 2. The van der Waals surface area contributed by atoms with Crippen molar-refractivity contribution in [2.45, 2.75) is 247 Å². The summed E-state index contributed by atoms with van der Waals surface area (Å²) >= 11 is 0. The van der Waals surface area contributed by atoms with E-state index >= 15 is 0 Å². The van der Waals surface area contributed by atoms with Crippen molar-refractivity contribution in [3.8, 4) is 0 Å². The van der Waals surface area contributed by atoms with Crippen LogP contribution < -0.4 is 5.32 Å². The third-order valence-corrected chi connectivity index (χ3v) is 12.6. The average Bonchev–Trinajstić information content (AvgIpc) is 3.30. The molecule has 17 unspecified atom stereocenters. The van der Waals surface area contributed by atoms with Crippen LogP contribution in [0, 0.1) is 0 Å². The van der Waals surface area contributed by atoms with Crippen LogP contribution in [0.15, 0.2) is 12.2 Å². The van der Waals surface area contributed by atoms with Gasteiger partial charge in [-0.2, -0.15) is 0 Å². The summed E-state index contributed by atoms with van der Waals surface area (Å²) in [6.45, 7) is 1.56. The summed E-state index contributed by atoms with van der Waals surface area (Å²) in [4.78, 5) is 13.1. The number of amides is 1. The van der Waals surface area contributed by atoms with Crippen LogP contribution in [-0.4, -0.2) is 193 Å². The molecule has 1 amide bonds. The van der Waals surface area contributed by atoms with Crippen molar-refractivity contribution in [2.24, 2.45) is 0 Å². The molecule has 0 bridgehead atoms. The maximum absolute atomic E-state index is 13.1. The van der Waals surface area contributed by atoms with Crippen molar-refractivity contribution >= 4 is 5.91 Å². The van der Waals surface area contributed by atoms with Gasteiger partial charge in [0.1, 0.15) is 73.2 Å². The Labute approximate surface area is 385 Å². The number of nitrogens with one attached hydrogen (secondary N) is 1. The Morgan fingerprint density at radius 3 is 1.49 bits per heavy atom. The molecule has 19 nitrogen and oxygen atoms in total. The molecule has 3 rings (SSSR count). The van der Waals surface area contributed by atoms with Crippen LogP contribution in [0.5, 0.6) is 0 Å².